The van der Waals surface area contributed by atoms with E-state index in [1.54, 1.807) is 10.9 Å². The maximum Gasteiger partial charge on any atom is 0.329 e. The summed E-state index contributed by atoms with van der Waals surface area (Å²) in [6.45, 7) is 4.45. The van der Waals surface area contributed by atoms with Crippen LogP contribution in [0.25, 0.3) is 5.69 Å². The summed E-state index contributed by atoms with van der Waals surface area (Å²) in [6, 6.07) is 9.35. The second-order valence-electron chi connectivity index (χ2n) is 6.67. The van der Waals surface area contributed by atoms with Gasteiger partial charge in [0.25, 0.3) is 5.91 Å². The van der Waals surface area contributed by atoms with Crippen LogP contribution in [0.5, 0.6) is 5.75 Å². The van der Waals surface area contributed by atoms with Gasteiger partial charge in [-0.3, -0.25) is 4.79 Å². The number of hydrogen-bond acceptors (Lipinski definition) is 4. The Hall–Kier alpha value is -2.83. The Balaban J connectivity index is 1.89. The molecule has 1 saturated carbocycles. The number of nitrogens with zero attached hydrogens (tertiary/aromatic N) is 2. The molecule has 0 bridgehead atoms. The maximum atomic E-state index is 12.6. The molecule has 0 atom stereocenters. The highest BCUT2D eigenvalue weighted by Gasteiger charge is 2.52. The van der Waals surface area contributed by atoms with E-state index < -0.39 is 17.4 Å². The molecule has 1 fully saturated rings. The monoisotopic (exact) mass is 343 g/mol. The molecular formula is C18H21N3O4. The molecule has 1 heterocycles. The van der Waals surface area contributed by atoms with Gasteiger partial charge in [-0.15, -0.1) is 0 Å². The number of nitrogens with one attached hydrogen (secondary N) is 1. The number of ether oxygens (including phenoxy) is 1. The Morgan fingerprint density at radius 1 is 1.32 bits per heavy atom. The van der Waals surface area contributed by atoms with Gasteiger partial charge in [-0.1, -0.05) is 32.0 Å². The fourth-order valence-electron chi connectivity index (χ4n) is 2.38. The fraction of sp³-hybridized carbons (Fsp3) is 0.389. The number of benzene rings is 1. The zero-order chi connectivity index (χ0) is 18.0. The minimum absolute atomic E-state index is 0.0945. The van der Waals surface area contributed by atoms with E-state index in [9.17, 15) is 14.7 Å². The number of rotatable bonds is 7. The lowest BCUT2D eigenvalue weighted by atomic mass is 10.2. The normalized spacial score (nSPS) is 15.0. The zero-order valence-electron chi connectivity index (χ0n) is 14.2. The minimum atomic E-state index is -1.16. The molecule has 0 radical (unpaired) electrons. The van der Waals surface area contributed by atoms with Crippen LogP contribution in [0.2, 0.25) is 0 Å². The molecule has 1 aromatic heterocycles. The predicted molar refractivity (Wildman–Crippen MR) is 91.0 cm³/mol. The van der Waals surface area contributed by atoms with Gasteiger partial charge in [0.05, 0.1) is 18.5 Å². The molecule has 0 unspecified atom stereocenters. The van der Waals surface area contributed by atoms with Crippen molar-refractivity contribution in [1.82, 2.24) is 15.1 Å². The van der Waals surface area contributed by atoms with Crippen molar-refractivity contribution in [2.45, 2.75) is 32.2 Å². The van der Waals surface area contributed by atoms with Crippen LogP contribution in [0.15, 0.2) is 36.5 Å². The molecule has 1 aliphatic rings. The van der Waals surface area contributed by atoms with Gasteiger partial charge in [0, 0.05) is 0 Å². The van der Waals surface area contributed by atoms with Crippen LogP contribution in [0.1, 0.15) is 37.2 Å². The van der Waals surface area contributed by atoms with E-state index in [2.05, 4.69) is 10.4 Å². The number of amides is 1. The van der Waals surface area contributed by atoms with Crippen molar-refractivity contribution in [3.05, 3.63) is 42.2 Å². The highest BCUT2D eigenvalue weighted by atomic mass is 16.5. The first-order valence-electron chi connectivity index (χ1n) is 8.25. The van der Waals surface area contributed by atoms with E-state index in [0.29, 0.717) is 25.2 Å². The van der Waals surface area contributed by atoms with Crippen LogP contribution in [-0.2, 0) is 4.79 Å². The molecule has 1 amide bonds. The van der Waals surface area contributed by atoms with Crippen LogP contribution in [0.3, 0.4) is 0 Å². The van der Waals surface area contributed by atoms with Gasteiger partial charge in [-0.25, -0.2) is 9.48 Å². The van der Waals surface area contributed by atoms with Crippen molar-refractivity contribution < 1.29 is 19.4 Å². The Kier molecular flexibility index (Phi) is 4.48. The third-order valence-corrected chi connectivity index (χ3v) is 4.00. The molecule has 2 N–H and O–H groups in total. The molecule has 25 heavy (non-hydrogen) atoms. The lowest BCUT2D eigenvalue weighted by Gasteiger charge is -2.12. The topological polar surface area (TPSA) is 93.5 Å². The van der Waals surface area contributed by atoms with E-state index in [1.807, 2.05) is 44.2 Å². The molecule has 0 aliphatic heterocycles. The zero-order valence-corrected chi connectivity index (χ0v) is 14.2. The number of carboxylic acid groups (broad SMARTS) is 1. The molecule has 0 spiro atoms. The van der Waals surface area contributed by atoms with E-state index in [1.165, 1.54) is 0 Å². The van der Waals surface area contributed by atoms with Crippen LogP contribution in [0, 0.1) is 5.92 Å². The van der Waals surface area contributed by atoms with Crippen molar-refractivity contribution in [1.29, 1.82) is 0 Å². The van der Waals surface area contributed by atoms with Gasteiger partial charge >= 0.3 is 5.97 Å². The maximum absolute atomic E-state index is 12.6. The SMILES string of the molecule is CC(C)COc1cn(-c2ccccc2)nc1C(=O)NC1(C(=O)O)CC1. The van der Waals surface area contributed by atoms with Gasteiger partial charge < -0.3 is 15.2 Å². The highest BCUT2D eigenvalue weighted by Crippen LogP contribution is 2.36. The molecule has 1 aromatic carbocycles. The number of aromatic nitrogens is 2. The van der Waals surface area contributed by atoms with Crippen LogP contribution in [-0.4, -0.2) is 38.9 Å². The molecule has 7 nitrogen and oxygen atoms in total. The van der Waals surface area contributed by atoms with Crippen molar-refractivity contribution in [2.24, 2.45) is 5.92 Å². The van der Waals surface area contributed by atoms with E-state index in [0.717, 1.165) is 5.69 Å². The molecule has 0 saturated heterocycles. The first-order chi connectivity index (χ1) is 11.9. The van der Waals surface area contributed by atoms with E-state index in [-0.39, 0.29) is 11.6 Å². The molecular weight excluding hydrogens is 322 g/mol. The van der Waals surface area contributed by atoms with Crippen molar-refractivity contribution in [3.8, 4) is 11.4 Å². The summed E-state index contributed by atoms with van der Waals surface area (Å²) in [5.74, 6) is -0.928. The number of hydrogen-bond donors (Lipinski definition) is 2. The Labute approximate surface area is 145 Å². The average molecular weight is 343 g/mol. The van der Waals surface area contributed by atoms with Gasteiger partial charge in [0.2, 0.25) is 0 Å². The first-order valence-corrected chi connectivity index (χ1v) is 8.25. The summed E-state index contributed by atoms with van der Waals surface area (Å²) in [6.07, 6.45) is 2.50. The first kappa shape index (κ1) is 17.0. The van der Waals surface area contributed by atoms with Gasteiger partial charge in [-0.05, 0) is 30.9 Å². The standard InChI is InChI=1S/C18H21N3O4/c1-12(2)11-25-14-10-21(13-6-4-3-5-7-13)20-15(14)16(22)19-18(8-9-18)17(23)24/h3-7,10,12H,8-9,11H2,1-2H3,(H,19,22)(H,23,24). The second kappa shape index (κ2) is 6.58. The molecule has 2 aromatic rings. The average Bonchev–Trinajstić information content (AvgIpc) is 3.24. The van der Waals surface area contributed by atoms with Crippen molar-refractivity contribution in [2.75, 3.05) is 6.61 Å². The van der Waals surface area contributed by atoms with Crippen molar-refractivity contribution >= 4 is 11.9 Å². The highest BCUT2D eigenvalue weighted by molar-refractivity contribution is 5.99. The van der Waals surface area contributed by atoms with Crippen molar-refractivity contribution in [3.63, 3.8) is 0 Å². The number of carboxylic acids is 1. The number of aliphatic carboxylic acids is 1. The number of carbonyl (C=O) groups excluding carboxylic acids is 1. The number of para-hydroxylation sites is 1. The van der Waals surface area contributed by atoms with E-state index in [4.69, 9.17) is 4.74 Å². The van der Waals surface area contributed by atoms with Crippen LogP contribution < -0.4 is 10.1 Å². The quantitative estimate of drug-likeness (QED) is 0.804. The summed E-state index contributed by atoms with van der Waals surface area (Å²) in [5.41, 5.74) is -0.282. The second-order valence-corrected chi connectivity index (χ2v) is 6.67. The summed E-state index contributed by atoms with van der Waals surface area (Å²) in [7, 11) is 0. The lowest BCUT2D eigenvalue weighted by Crippen LogP contribution is -2.43. The van der Waals surface area contributed by atoms with E-state index >= 15 is 0 Å². The lowest BCUT2D eigenvalue weighted by molar-refractivity contribution is -0.140. The largest absolute Gasteiger partial charge is 0.489 e. The molecule has 3 rings (SSSR count). The van der Waals surface area contributed by atoms with Gasteiger partial charge in [0.1, 0.15) is 5.54 Å². The van der Waals surface area contributed by atoms with Crippen LogP contribution >= 0.6 is 0 Å². The third-order valence-electron chi connectivity index (χ3n) is 4.00. The smallest absolute Gasteiger partial charge is 0.329 e. The van der Waals surface area contributed by atoms with Gasteiger partial charge in [0.15, 0.2) is 11.4 Å². The fourth-order valence-corrected chi connectivity index (χ4v) is 2.38. The molecule has 132 valence electrons. The summed E-state index contributed by atoms with van der Waals surface area (Å²) >= 11 is 0. The minimum Gasteiger partial charge on any atom is -0.489 e. The third kappa shape index (κ3) is 3.65. The summed E-state index contributed by atoms with van der Waals surface area (Å²) in [4.78, 5) is 23.9. The Morgan fingerprint density at radius 2 is 2.00 bits per heavy atom. The Morgan fingerprint density at radius 3 is 2.56 bits per heavy atom. The summed E-state index contributed by atoms with van der Waals surface area (Å²) < 4.78 is 7.29. The number of carbonyl (C=O) groups is 2. The molecule has 1 aliphatic carbocycles. The summed E-state index contributed by atoms with van der Waals surface area (Å²) in [5, 5.41) is 16.2. The Bertz CT molecular complexity index is 779. The predicted octanol–water partition coefficient (Wildman–Crippen LogP) is 2.25. The molecule has 7 heteroatoms. The van der Waals surface area contributed by atoms with Crippen LogP contribution in [0.4, 0.5) is 0 Å². The van der Waals surface area contributed by atoms with Gasteiger partial charge in [-0.2, -0.15) is 5.10 Å².